The number of nitrogens with one attached hydrogen (secondary N) is 1. The molecule has 0 saturated carbocycles. The van der Waals surface area contributed by atoms with Crippen LogP contribution in [-0.4, -0.2) is 20.2 Å². The molecule has 0 aliphatic heterocycles. The Kier molecular flexibility index (Phi) is 4.21. The largest absolute Gasteiger partial charge is 0.497 e. The number of benzene rings is 2. The Hall–Kier alpha value is -1.54. The SMILES string of the molecule is CCNC[C@@H](C)c1ccc2cc(OC)ccc2c1. The molecule has 2 aromatic carbocycles. The number of rotatable bonds is 5. The van der Waals surface area contributed by atoms with Gasteiger partial charge in [0, 0.05) is 6.54 Å². The van der Waals surface area contributed by atoms with Crippen molar-refractivity contribution in [2.75, 3.05) is 20.2 Å². The zero-order valence-electron chi connectivity index (χ0n) is 11.4. The first kappa shape index (κ1) is 12.9. The molecule has 2 aromatic rings. The predicted octanol–water partition coefficient (Wildman–Crippen LogP) is 3.56. The van der Waals surface area contributed by atoms with Crippen LogP contribution in [0.25, 0.3) is 10.8 Å². The first-order valence-corrected chi connectivity index (χ1v) is 6.53. The first-order valence-electron chi connectivity index (χ1n) is 6.53. The van der Waals surface area contributed by atoms with Gasteiger partial charge in [-0.25, -0.2) is 0 Å². The van der Waals surface area contributed by atoms with E-state index >= 15 is 0 Å². The Labute approximate surface area is 109 Å². The Morgan fingerprint density at radius 2 is 1.83 bits per heavy atom. The van der Waals surface area contributed by atoms with E-state index in [9.17, 15) is 0 Å². The second-order valence-electron chi connectivity index (χ2n) is 4.68. The maximum absolute atomic E-state index is 5.24. The van der Waals surface area contributed by atoms with Crippen LogP contribution in [0.3, 0.4) is 0 Å². The van der Waals surface area contributed by atoms with E-state index in [0.29, 0.717) is 5.92 Å². The summed E-state index contributed by atoms with van der Waals surface area (Å²) in [6.07, 6.45) is 0. The van der Waals surface area contributed by atoms with Gasteiger partial charge in [-0.3, -0.25) is 0 Å². The van der Waals surface area contributed by atoms with Gasteiger partial charge in [-0.15, -0.1) is 0 Å². The van der Waals surface area contributed by atoms with Crippen molar-refractivity contribution in [1.82, 2.24) is 5.32 Å². The second-order valence-corrected chi connectivity index (χ2v) is 4.68. The summed E-state index contributed by atoms with van der Waals surface area (Å²) >= 11 is 0. The number of ether oxygens (including phenoxy) is 1. The van der Waals surface area contributed by atoms with Gasteiger partial charge in [0.1, 0.15) is 5.75 Å². The highest BCUT2D eigenvalue weighted by Gasteiger charge is 2.06. The lowest BCUT2D eigenvalue weighted by atomic mass is 9.97. The fourth-order valence-corrected chi connectivity index (χ4v) is 2.15. The molecule has 0 aliphatic carbocycles. The van der Waals surface area contributed by atoms with Gasteiger partial charge in [-0.1, -0.05) is 38.1 Å². The van der Waals surface area contributed by atoms with E-state index < -0.39 is 0 Å². The van der Waals surface area contributed by atoms with Crippen LogP contribution in [0.2, 0.25) is 0 Å². The highest BCUT2D eigenvalue weighted by molar-refractivity contribution is 5.84. The number of hydrogen-bond donors (Lipinski definition) is 1. The summed E-state index contributed by atoms with van der Waals surface area (Å²) in [5.74, 6) is 1.45. The molecule has 0 saturated heterocycles. The summed E-state index contributed by atoms with van der Waals surface area (Å²) in [4.78, 5) is 0. The molecule has 96 valence electrons. The van der Waals surface area contributed by atoms with Crippen LogP contribution < -0.4 is 10.1 Å². The molecule has 1 N–H and O–H groups in total. The fraction of sp³-hybridized carbons (Fsp3) is 0.375. The van der Waals surface area contributed by atoms with Crippen molar-refractivity contribution in [3.63, 3.8) is 0 Å². The minimum Gasteiger partial charge on any atom is -0.497 e. The van der Waals surface area contributed by atoms with E-state index in [4.69, 9.17) is 4.74 Å². The molecule has 1 atom stereocenters. The van der Waals surface area contributed by atoms with E-state index in [-0.39, 0.29) is 0 Å². The summed E-state index contributed by atoms with van der Waals surface area (Å²) in [5, 5.41) is 5.90. The predicted molar refractivity (Wildman–Crippen MR) is 77.5 cm³/mol. The standard InChI is InChI=1S/C16H21NO/c1-4-17-11-12(2)13-5-6-15-10-16(18-3)8-7-14(15)9-13/h5-10,12,17H,4,11H2,1-3H3/t12-/m1/s1. The highest BCUT2D eigenvalue weighted by atomic mass is 16.5. The minimum atomic E-state index is 0.538. The lowest BCUT2D eigenvalue weighted by Gasteiger charge is -2.13. The van der Waals surface area contributed by atoms with Gasteiger partial charge in [0.2, 0.25) is 0 Å². The molecule has 0 radical (unpaired) electrons. The normalized spacial score (nSPS) is 12.6. The number of likely N-dealkylation sites (N-methyl/N-ethyl adjacent to an activating group) is 1. The molecule has 0 unspecified atom stereocenters. The zero-order valence-corrected chi connectivity index (χ0v) is 11.4. The van der Waals surface area contributed by atoms with Gasteiger partial charge < -0.3 is 10.1 Å². The van der Waals surface area contributed by atoms with Gasteiger partial charge >= 0.3 is 0 Å². The molecule has 2 heteroatoms. The molecule has 2 rings (SSSR count). The number of methoxy groups -OCH3 is 1. The molecular formula is C16H21NO. The van der Waals surface area contributed by atoms with Crippen LogP contribution in [-0.2, 0) is 0 Å². The third-order valence-corrected chi connectivity index (χ3v) is 3.34. The first-order chi connectivity index (χ1) is 8.74. The number of fused-ring (bicyclic) bond motifs is 1. The Morgan fingerprint density at radius 3 is 2.56 bits per heavy atom. The van der Waals surface area contributed by atoms with Crippen molar-refractivity contribution in [2.24, 2.45) is 0 Å². The average molecular weight is 243 g/mol. The van der Waals surface area contributed by atoms with Crippen molar-refractivity contribution in [2.45, 2.75) is 19.8 Å². The van der Waals surface area contributed by atoms with Gasteiger partial charge in [-0.2, -0.15) is 0 Å². The summed E-state index contributed by atoms with van der Waals surface area (Å²) in [6, 6.07) is 12.9. The van der Waals surface area contributed by atoms with Gasteiger partial charge in [0.05, 0.1) is 7.11 Å². The Morgan fingerprint density at radius 1 is 1.11 bits per heavy atom. The average Bonchev–Trinajstić information content (AvgIpc) is 2.43. The summed E-state index contributed by atoms with van der Waals surface area (Å²) < 4.78 is 5.24. The van der Waals surface area contributed by atoms with Gasteiger partial charge in [0.15, 0.2) is 0 Å². The lowest BCUT2D eigenvalue weighted by Crippen LogP contribution is -2.19. The van der Waals surface area contributed by atoms with Crippen LogP contribution in [0.5, 0.6) is 5.75 Å². The van der Waals surface area contributed by atoms with Gasteiger partial charge in [0.25, 0.3) is 0 Å². The van der Waals surface area contributed by atoms with Crippen molar-refractivity contribution >= 4 is 10.8 Å². The van der Waals surface area contributed by atoms with Crippen molar-refractivity contribution < 1.29 is 4.74 Å². The van der Waals surface area contributed by atoms with Gasteiger partial charge in [-0.05, 0) is 40.9 Å². The highest BCUT2D eigenvalue weighted by Crippen LogP contribution is 2.24. The lowest BCUT2D eigenvalue weighted by molar-refractivity contribution is 0.415. The number of hydrogen-bond acceptors (Lipinski definition) is 2. The molecule has 0 amide bonds. The molecule has 0 aromatic heterocycles. The van der Waals surface area contributed by atoms with Crippen molar-refractivity contribution in [1.29, 1.82) is 0 Å². The van der Waals surface area contributed by atoms with Crippen molar-refractivity contribution in [3.8, 4) is 5.75 Å². The molecule has 0 bridgehead atoms. The van der Waals surface area contributed by atoms with E-state index in [1.807, 2.05) is 6.07 Å². The molecule has 0 heterocycles. The third-order valence-electron chi connectivity index (χ3n) is 3.34. The van der Waals surface area contributed by atoms with Crippen LogP contribution in [0.15, 0.2) is 36.4 Å². The second kappa shape index (κ2) is 5.87. The van der Waals surface area contributed by atoms with E-state index in [1.165, 1.54) is 16.3 Å². The topological polar surface area (TPSA) is 21.3 Å². The van der Waals surface area contributed by atoms with Crippen LogP contribution in [0.1, 0.15) is 25.3 Å². The van der Waals surface area contributed by atoms with E-state index in [2.05, 4.69) is 49.5 Å². The molecule has 0 aliphatic rings. The molecule has 2 nitrogen and oxygen atoms in total. The maximum atomic E-state index is 5.24. The summed E-state index contributed by atoms with van der Waals surface area (Å²) in [6.45, 7) is 6.44. The van der Waals surface area contributed by atoms with E-state index in [0.717, 1.165) is 18.8 Å². The maximum Gasteiger partial charge on any atom is 0.119 e. The van der Waals surface area contributed by atoms with Crippen LogP contribution in [0, 0.1) is 0 Å². The Balaban J connectivity index is 2.27. The third kappa shape index (κ3) is 2.82. The molecular weight excluding hydrogens is 222 g/mol. The summed E-state index contributed by atoms with van der Waals surface area (Å²) in [7, 11) is 1.70. The van der Waals surface area contributed by atoms with Crippen molar-refractivity contribution in [3.05, 3.63) is 42.0 Å². The van der Waals surface area contributed by atoms with Crippen LogP contribution >= 0.6 is 0 Å². The summed E-state index contributed by atoms with van der Waals surface area (Å²) in [5.41, 5.74) is 1.38. The quantitative estimate of drug-likeness (QED) is 0.867. The van der Waals surface area contributed by atoms with E-state index in [1.54, 1.807) is 7.11 Å². The zero-order chi connectivity index (χ0) is 13.0. The fourth-order valence-electron chi connectivity index (χ4n) is 2.15. The molecule has 0 spiro atoms. The monoisotopic (exact) mass is 243 g/mol. The minimum absolute atomic E-state index is 0.538. The molecule has 18 heavy (non-hydrogen) atoms. The Bertz CT molecular complexity index is 521. The molecule has 0 fully saturated rings. The smallest absolute Gasteiger partial charge is 0.119 e. The van der Waals surface area contributed by atoms with Crippen LogP contribution in [0.4, 0.5) is 0 Å².